The molecule has 0 saturated heterocycles. The summed E-state index contributed by atoms with van der Waals surface area (Å²) < 4.78 is 0. The zero-order valence-electron chi connectivity index (χ0n) is 7.27. The molecule has 0 spiro atoms. The van der Waals surface area contributed by atoms with Crippen LogP contribution in [0.25, 0.3) is 6.08 Å². The topological polar surface area (TPSA) is 44.0 Å². The summed E-state index contributed by atoms with van der Waals surface area (Å²) >= 11 is 0. The Morgan fingerprint density at radius 1 is 1.31 bits per heavy atom. The highest BCUT2D eigenvalue weighted by molar-refractivity contribution is 5.50. The van der Waals surface area contributed by atoms with E-state index in [-0.39, 0.29) is 5.75 Å². The summed E-state index contributed by atoms with van der Waals surface area (Å²) in [4.78, 5) is 0. The second kappa shape index (κ2) is 5.00. The van der Waals surface area contributed by atoms with Crippen LogP contribution in [0, 0.1) is 11.3 Å². The third kappa shape index (κ3) is 3.44. The maximum absolute atomic E-state index is 9.00. The highest BCUT2D eigenvalue weighted by Gasteiger charge is 1.86. The van der Waals surface area contributed by atoms with Gasteiger partial charge in [-0.25, -0.2) is 0 Å². The largest absolute Gasteiger partial charge is 0.508 e. The lowest BCUT2D eigenvalue weighted by molar-refractivity contribution is 0.475. The number of hydrogen-bond donors (Lipinski definition) is 1. The molecule has 0 aliphatic heterocycles. The highest BCUT2D eigenvalue weighted by Crippen LogP contribution is 2.10. The van der Waals surface area contributed by atoms with Gasteiger partial charge in [0.1, 0.15) is 5.75 Å². The van der Waals surface area contributed by atoms with Crippen molar-refractivity contribution in [2.24, 2.45) is 0 Å². The minimum atomic E-state index is 0.272. The van der Waals surface area contributed by atoms with E-state index in [1.54, 1.807) is 12.1 Å². The van der Waals surface area contributed by atoms with E-state index in [0.29, 0.717) is 6.42 Å². The van der Waals surface area contributed by atoms with Crippen molar-refractivity contribution < 1.29 is 5.11 Å². The van der Waals surface area contributed by atoms with Crippen molar-refractivity contribution in [1.82, 2.24) is 0 Å². The Morgan fingerprint density at radius 3 is 2.62 bits per heavy atom. The lowest BCUT2D eigenvalue weighted by atomic mass is 10.2. The molecule has 2 nitrogen and oxygen atoms in total. The van der Waals surface area contributed by atoms with Crippen LogP contribution >= 0.6 is 0 Å². The zero-order valence-corrected chi connectivity index (χ0v) is 7.27. The van der Waals surface area contributed by atoms with E-state index in [2.05, 4.69) is 6.07 Å². The van der Waals surface area contributed by atoms with Crippen molar-refractivity contribution in [3.63, 3.8) is 0 Å². The number of nitrogens with zero attached hydrogens (tertiary/aromatic N) is 1. The molecule has 0 aliphatic rings. The summed E-state index contributed by atoms with van der Waals surface area (Å²) in [7, 11) is 0. The van der Waals surface area contributed by atoms with Gasteiger partial charge in [-0.2, -0.15) is 5.26 Å². The summed E-state index contributed by atoms with van der Waals surface area (Å²) in [6.07, 6.45) is 5.22. The molecule has 0 saturated carbocycles. The summed E-state index contributed by atoms with van der Waals surface area (Å²) in [5.41, 5.74) is 1.04. The molecule has 2 heteroatoms. The van der Waals surface area contributed by atoms with Crippen LogP contribution in [-0.4, -0.2) is 5.11 Å². The van der Waals surface area contributed by atoms with Crippen LogP contribution in [0.5, 0.6) is 5.75 Å². The Bertz CT molecular complexity index is 319. The molecule has 1 aromatic rings. The van der Waals surface area contributed by atoms with Gasteiger partial charge in [-0.3, -0.25) is 0 Å². The minimum Gasteiger partial charge on any atom is -0.508 e. The van der Waals surface area contributed by atoms with E-state index >= 15 is 0 Å². The fourth-order valence-electron chi connectivity index (χ4n) is 0.953. The van der Waals surface area contributed by atoms with Crippen LogP contribution in [0.4, 0.5) is 0 Å². The molecule has 66 valence electrons. The Morgan fingerprint density at radius 2 is 2.00 bits per heavy atom. The van der Waals surface area contributed by atoms with Gasteiger partial charge in [-0.1, -0.05) is 24.3 Å². The molecule has 0 heterocycles. The summed E-state index contributed by atoms with van der Waals surface area (Å²) in [6, 6.07) is 9.02. The number of phenols is 1. The van der Waals surface area contributed by atoms with Crippen molar-refractivity contribution in [1.29, 1.82) is 5.26 Å². The van der Waals surface area contributed by atoms with E-state index in [1.807, 2.05) is 24.3 Å². The Hall–Kier alpha value is -1.75. The van der Waals surface area contributed by atoms with Crippen molar-refractivity contribution in [2.45, 2.75) is 12.8 Å². The average Bonchev–Trinajstić information content (AvgIpc) is 2.15. The highest BCUT2D eigenvalue weighted by atomic mass is 16.3. The molecular formula is C11H11NO. The first-order valence-electron chi connectivity index (χ1n) is 4.15. The average molecular weight is 173 g/mol. The Kier molecular flexibility index (Phi) is 3.59. The minimum absolute atomic E-state index is 0.272. The molecule has 0 amide bonds. The molecular weight excluding hydrogens is 162 g/mol. The normalized spacial score (nSPS) is 10.1. The van der Waals surface area contributed by atoms with E-state index in [0.717, 1.165) is 12.0 Å². The fraction of sp³-hybridized carbons (Fsp3) is 0.182. The summed E-state index contributed by atoms with van der Waals surface area (Å²) in [6.45, 7) is 0. The van der Waals surface area contributed by atoms with Gasteiger partial charge in [0.2, 0.25) is 0 Å². The zero-order chi connectivity index (χ0) is 9.52. The van der Waals surface area contributed by atoms with E-state index in [9.17, 15) is 0 Å². The third-order valence-corrected chi connectivity index (χ3v) is 1.63. The Balaban J connectivity index is 2.50. The van der Waals surface area contributed by atoms with Crippen molar-refractivity contribution in [3.05, 3.63) is 35.9 Å². The molecule has 0 aliphatic carbocycles. The lowest BCUT2D eigenvalue weighted by Gasteiger charge is -1.92. The van der Waals surface area contributed by atoms with Gasteiger partial charge in [-0.05, 0) is 24.1 Å². The third-order valence-electron chi connectivity index (χ3n) is 1.63. The SMILES string of the molecule is N#CCC/C=C\c1ccc(O)cc1. The van der Waals surface area contributed by atoms with Crippen LogP contribution in [0.15, 0.2) is 30.3 Å². The molecule has 0 unspecified atom stereocenters. The molecule has 13 heavy (non-hydrogen) atoms. The smallest absolute Gasteiger partial charge is 0.115 e. The number of nitriles is 1. The van der Waals surface area contributed by atoms with Crippen LogP contribution in [0.2, 0.25) is 0 Å². The molecule has 1 rings (SSSR count). The number of unbranched alkanes of at least 4 members (excludes halogenated alkanes) is 1. The predicted molar refractivity (Wildman–Crippen MR) is 52.0 cm³/mol. The molecule has 1 N–H and O–H groups in total. The van der Waals surface area contributed by atoms with Gasteiger partial charge in [0.05, 0.1) is 6.07 Å². The van der Waals surface area contributed by atoms with Crippen LogP contribution in [0.3, 0.4) is 0 Å². The number of allylic oxidation sites excluding steroid dienone is 1. The second-order valence-electron chi connectivity index (χ2n) is 2.69. The fourth-order valence-corrected chi connectivity index (χ4v) is 0.953. The first-order valence-corrected chi connectivity index (χ1v) is 4.15. The predicted octanol–water partition coefficient (Wildman–Crippen LogP) is 2.71. The lowest BCUT2D eigenvalue weighted by Crippen LogP contribution is -1.70. The first-order chi connectivity index (χ1) is 6.33. The molecule has 0 fully saturated rings. The maximum Gasteiger partial charge on any atom is 0.115 e. The van der Waals surface area contributed by atoms with Crippen LogP contribution in [0.1, 0.15) is 18.4 Å². The van der Waals surface area contributed by atoms with Gasteiger partial charge in [0.15, 0.2) is 0 Å². The van der Waals surface area contributed by atoms with Crippen molar-refractivity contribution in [3.8, 4) is 11.8 Å². The Labute approximate surface area is 77.8 Å². The van der Waals surface area contributed by atoms with E-state index < -0.39 is 0 Å². The molecule has 0 atom stereocenters. The van der Waals surface area contributed by atoms with Crippen molar-refractivity contribution in [2.75, 3.05) is 0 Å². The van der Waals surface area contributed by atoms with Gasteiger partial charge in [0, 0.05) is 6.42 Å². The number of hydrogen-bond acceptors (Lipinski definition) is 2. The second-order valence-corrected chi connectivity index (χ2v) is 2.69. The van der Waals surface area contributed by atoms with Crippen LogP contribution < -0.4 is 0 Å². The molecule has 0 aromatic heterocycles. The number of rotatable bonds is 3. The van der Waals surface area contributed by atoms with Crippen molar-refractivity contribution >= 4 is 6.08 Å². The molecule has 0 bridgehead atoms. The molecule has 1 aromatic carbocycles. The maximum atomic E-state index is 9.00. The quantitative estimate of drug-likeness (QED) is 0.714. The van der Waals surface area contributed by atoms with E-state index in [4.69, 9.17) is 10.4 Å². The first kappa shape index (κ1) is 9.34. The number of aromatic hydroxyl groups is 1. The number of phenolic OH excluding ortho intramolecular Hbond substituents is 1. The van der Waals surface area contributed by atoms with E-state index in [1.165, 1.54) is 0 Å². The standard InChI is InChI=1S/C11H11NO/c12-9-3-1-2-4-10-5-7-11(13)8-6-10/h2,4-8,13H,1,3H2/b4-2-. The van der Waals surface area contributed by atoms with Gasteiger partial charge in [-0.15, -0.1) is 0 Å². The van der Waals surface area contributed by atoms with Gasteiger partial charge in [0.25, 0.3) is 0 Å². The van der Waals surface area contributed by atoms with Gasteiger partial charge < -0.3 is 5.11 Å². The van der Waals surface area contributed by atoms with Gasteiger partial charge >= 0.3 is 0 Å². The number of benzene rings is 1. The van der Waals surface area contributed by atoms with Crippen LogP contribution in [-0.2, 0) is 0 Å². The monoisotopic (exact) mass is 173 g/mol. The summed E-state index contributed by atoms with van der Waals surface area (Å²) in [5, 5.41) is 17.3. The summed E-state index contributed by atoms with van der Waals surface area (Å²) in [5.74, 6) is 0.272. The molecule has 0 radical (unpaired) electrons.